The number of morpholine rings is 1. The number of rotatable bonds is 5. The Morgan fingerprint density at radius 1 is 1.00 bits per heavy atom. The number of fused-ring (bicyclic) bond motifs is 1. The van der Waals surface area contributed by atoms with Crippen LogP contribution in [0, 0.1) is 6.92 Å². The van der Waals surface area contributed by atoms with Crippen LogP contribution in [0.15, 0.2) is 53.7 Å². The Labute approximate surface area is 184 Å². The molecule has 5 rings (SSSR count). The predicted octanol–water partition coefficient (Wildman–Crippen LogP) is 3.23. The molecule has 31 heavy (non-hydrogen) atoms. The molecule has 0 aliphatic carbocycles. The van der Waals surface area contributed by atoms with Gasteiger partial charge in [-0.05, 0) is 30.7 Å². The standard InChI is InChI=1S/C22H23N7OS/c1-15-6-2-5-9-18(15)29-21(28-10-12-30-13-11-28)26-27-22(29)31-14-19-24-17-8-4-3-7-16(17)20(23)25-19/h2-9H,10-14H2,1H3,(H2,23,24,25). The fourth-order valence-corrected chi connectivity index (χ4v) is 4.49. The molecule has 0 atom stereocenters. The maximum Gasteiger partial charge on any atom is 0.232 e. The van der Waals surface area contributed by atoms with Gasteiger partial charge in [-0.15, -0.1) is 10.2 Å². The fourth-order valence-electron chi connectivity index (χ4n) is 3.69. The lowest BCUT2D eigenvalue weighted by Gasteiger charge is -2.28. The number of para-hydroxylation sites is 2. The number of nitrogens with two attached hydrogens (primary N) is 1. The van der Waals surface area contributed by atoms with E-state index in [1.165, 1.54) is 0 Å². The first kappa shape index (κ1) is 19.8. The van der Waals surface area contributed by atoms with Gasteiger partial charge in [-0.1, -0.05) is 42.1 Å². The highest BCUT2D eigenvalue weighted by atomic mass is 32.2. The van der Waals surface area contributed by atoms with Crippen molar-refractivity contribution in [2.45, 2.75) is 17.8 Å². The molecule has 1 aliphatic rings. The first-order valence-corrected chi connectivity index (χ1v) is 11.2. The van der Waals surface area contributed by atoms with Crippen LogP contribution in [0.2, 0.25) is 0 Å². The number of nitrogens with zero attached hydrogens (tertiary/aromatic N) is 6. The van der Waals surface area contributed by atoms with E-state index in [1.807, 2.05) is 36.4 Å². The molecule has 0 bridgehead atoms. The normalized spacial score (nSPS) is 14.3. The predicted molar refractivity (Wildman–Crippen MR) is 123 cm³/mol. The fraction of sp³-hybridized carbons (Fsp3) is 0.273. The molecule has 2 aromatic heterocycles. The van der Waals surface area contributed by atoms with Gasteiger partial charge in [0.2, 0.25) is 5.95 Å². The quantitative estimate of drug-likeness (QED) is 0.480. The van der Waals surface area contributed by atoms with Crippen LogP contribution in [0.5, 0.6) is 0 Å². The molecule has 0 saturated carbocycles. The lowest BCUT2D eigenvalue weighted by molar-refractivity contribution is 0.122. The number of ether oxygens (including phenoxy) is 1. The monoisotopic (exact) mass is 433 g/mol. The minimum absolute atomic E-state index is 0.496. The highest BCUT2D eigenvalue weighted by molar-refractivity contribution is 7.98. The lowest BCUT2D eigenvalue weighted by atomic mass is 10.2. The number of nitrogen functional groups attached to an aromatic ring is 1. The molecule has 2 N–H and O–H groups in total. The van der Waals surface area contributed by atoms with E-state index in [4.69, 9.17) is 10.5 Å². The Hall–Kier alpha value is -3.17. The maximum atomic E-state index is 6.16. The van der Waals surface area contributed by atoms with Crippen LogP contribution in [0.3, 0.4) is 0 Å². The van der Waals surface area contributed by atoms with Crippen LogP contribution in [-0.4, -0.2) is 51.0 Å². The van der Waals surface area contributed by atoms with Crippen molar-refractivity contribution in [3.8, 4) is 5.69 Å². The average molecular weight is 434 g/mol. The highest BCUT2D eigenvalue weighted by Crippen LogP contribution is 2.30. The summed E-state index contributed by atoms with van der Waals surface area (Å²) in [5.74, 6) is 2.55. The summed E-state index contributed by atoms with van der Waals surface area (Å²) in [6, 6.07) is 16.0. The summed E-state index contributed by atoms with van der Waals surface area (Å²) in [5.41, 5.74) is 9.23. The van der Waals surface area contributed by atoms with Crippen LogP contribution in [0.1, 0.15) is 11.4 Å². The van der Waals surface area contributed by atoms with Crippen molar-refractivity contribution in [1.82, 2.24) is 24.7 Å². The Balaban J connectivity index is 1.49. The topological polar surface area (TPSA) is 95.0 Å². The minimum atomic E-state index is 0.496. The number of anilines is 2. The number of thioether (sulfide) groups is 1. The van der Waals surface area contributed by atoms with Crippen molar-refractivity contribution in [3.05, 3.63) is 59.9 Å². The van der Waals surface area contributed by atoms with E-state index in [0.29, 0.717) is 30.6 Å². The van der Waals surface area contributed by atoms with E-state index in [0.717, 1.165) is 46.3 Å². The number of hydrogen-bond acceptors (Lipinski definition) is 8. The number of aryl methyl sites for hydroxylation is 1. The van der Waals surface area contributed by atoms with E-state index in [9.17, 15) is 0 Å². The first-order chi connectivity index (χ1) is 15.2. The molecule has 3 heterocycles. The molecule has 1 aliphatic heterocycles. The van der Waals surface area contributed by atoms with Crippen LogP contribution in [0.25, 0.3) is 16.6 Å². The maximum absolute atomic E-state index is 6.16. The number of hydrogen-bond donors (Lipinski definition) is 1. The molecule has 0 amide bonds. The van der Waals surface area contributed by atoms with E-state index in [1.54, 1.807) is 11.8 Å². The number of aromatic nitrogens is 5. The van der Waals surface area contributed by atoms with Gasteiger partial charge in [-0.2, -0.15) is 0 Å². The highest BCUT2D eigenvalue weighted by Gasteiger charge is 2.23. The van der Waals surface area contributed by atoms with Gasteiger partial charge in [0.25, 0.3) is 0 Å². The van der Waals surface area contributed by atoms with Gasteiger partial charge in [-0.3, -0.25) is 4.57 Å². The second-order valence-corrected chi connectivity index (χ2v) is 8.28. The summed E-state index contributed by atoms with van der Waals surface area (Å²) in [5, 5.41) is 10.7. The Morgan fingerprint density at radius 3 is 2.61 bits per heavy atom. The second kappa shape index (κ2) is 8.52. The molecule has 8 nitrogen and oxygen atoms in total. The molecular formula is C22H23N7OS. The zero-order valence-electron chi connectivity index (χ0n) is 17.2. The van der Waals surface area contributed by atoms with Gasteiger partial charge in [-0.25, -0.2) is 9.97 Å². The molecule has 0 spiro atoms. The summed E-state index contributed by atoms with van der Waals surface area (Å²) in [4.78, 5) is 11.4. The molecule has 0 radical (unpaired) electrons. The van der Waals surface area contributed by atoms with Crippen LogP contribution < -0.4 is 10.6 Å². The summed E-state index contributed by atoms with van der Waals surface area (Å²) in [6.45, 7) is 5.05. The first-order valence-electron chi connectivity index (χ1n) is 10.2. The summed E-state index contributed by atoms with van der Waals surface area (Å²) >= 11 is 1.56. The van der Waals surface area contributed by atoms with Crippen molar-refractivity contribution >= 4 is 34.4 Å². The van der Waals surface area contributed by atoms with Gasteiger partial charge < -0.3 is 15.4 Å². The molecule has 4 aromatic rings. The van der Waals surface area contributed by atoms with Crippen LogP contribution in [-0.2, 0) is 10.5 Å². The Morgan fingerprint density at radius 2 is 1.77 bits per heavy atom. The molecule has 2 aromatic carbocycles. The molecule has 158 valence electrons. The van der Waals surface area contributed by atoms with Crippen molar-refractivity contribution in [2.75, 3.05) is 36.9 Å². The lowest BCUT2D eigenvalue weighted by Crippen LogP contribution is -2.38. The third-order valence-corrected chi connectivity index (χ3v) is 6.20. The van der Waals surface area contributed by atoms with Crippen molar-refractivity contribution < 1.29 is 4.74 Å². The van der Waals surface area contributed by atoms with Crippen molar-refractivity contribution in [1.29, 1.82) is 0 Å². The zero-order valence-corrected chi connectivity index (χ0v) is 18.0. The second-order valence-electron chi connectivity index (χ2n) is 7.33. The van der Waals surface area contributed by atoms with Gasteiger partial charge in [0.05, 0.1) is 30.2 Å². The molecule has 1 fully saturated rings. The van der Waals surface area contributed by atoms with Gasteiger partial charge in [0.1, 0.15) is 11.6 Å². The SMILES string of the molecule is Cc1ccccc1-n1c(SCc2nc(N)c3ccccc3n2)nnc1N1CCOCC1. The summed E-state index contributed by atoms with van der Waals surface area (Å²) in [6.07, 6.45) is 0. The third kappa shape index (κ3) is 3.94. The molecular weight excluding hydrogens is 410 g/mol. The van der Waals surface area contributed by atoms with E-state index < -0.39 is 0 Å². The average Bonchev–Trinajstić information content (AvgIpc) is 3.22. The van der Waals surface area contributed by atoms with Crippen molar-refractivity contribution in [2.24, 2.45) is 0 Å². The van der Waals surface area contributed by atoms with Gasteiger partial charge >= 0.3 is 0 Å². The largest absolute Gasteiger partial charge is 0.383 e. The number of benzene rings is 2. The third-order valence-electron chi connectivity index (χ3n) is 5.28. The van der Waals surface area contributed by atoms with E-state index >= 15 is 0 Å². The Bertz CT molecular complexity index is 1220. The van der Waals surface area contributed by atoms with E-state index in [2.05, 4.69) is 48.7 Å². The summed E-state index contributed by atoms with van der Waals surface area (Å²) < 4.78 is 7.64. The molecule has 1 saturated heterocycles. The van der Waals surface area contributed by atoms with Crippen molar-refractivity contribution in [3.63, 3.8) is 0 Å². The molecule has 9 heteroatoms. The smallest absolute Gasteiger partial charge is 0.232 e. The van der Waals surface area contributed by atoms with Gasteiger partial charge in [0.15, 0.2) is 5.16 Å². The zero-order chi connectivity index (χ0) is 21.2. The van der Waals surface area contributed by atoms with E-state index in [-0.39, 0.29) is 0 Å². The van der Waals surface area contributed by atoms with Gasteiger partial charge in [0, 0.05) is 18.5 Å². The minimum Gasteiger partial charge on any atom is -0.383 e. The Kier molecular flexibility index (Phi) is 5.44. The summed E-state index contributed by atoms with van der Waals surface area (Å²) in [7, 11) is 0. The molecule has 0 unspecified atom stereocenters. The van der Waals surface area contributed by atoms with Crippen LogP contribution in [0.4, 0.5) is 11.8 Å². The van der Waals surface area contributed by atoms with Crippen LogP contribution >= 0.6 is 11.8 Å².